The van der Waals surface area contributed by atoms with Crippen LogP contribution in [0.5, 0.6) is 0 Å². The third-order valence-corrected chi connectivity index (χ3v) is 2.56. The van der Waals surface area contributed by atoms with Crippen LogP contribution in [0.25, 0.3) is 5.82 Å². The minimum absolute atomic E-state index is 0.285. The smallest absolute Gasteiger partial charge is 0.342 e. The van der Waals surface area contributed by atoms with E-state index in [9.17, 15) is 4.79 Å². The quantitative estimate of drug-likeness (QED) is 0.874. The molecule has 2 N–H and O–H groups in total. The molecule has 2 heterocycles. The zero-order valence-corrected chi connectivity index (χ0v) is 11.2. The van der Waals surface area contributed by atoms with Gasteiger partial charge in [0.15, 0.2) is 5.82 Å². The van der Waals surface area contributed by atoms with Crippen molar-refractivity contribution in [3.63, 3.8) is 0 Å². The molecule has 6 nitrogen and oxygen atoms in total. The molecular formula is C11H11BrN4O2. The molecule has 0 aliphatic rings. The van der Waals surface area contributed by atoms with E-state index in [0.29, 0.717) is 11.5 Å². The summed E-state index contributed by atoms with van der Waals surface area (Å²) in [5.41, 5.74) is 6.32. The van der Waals surface area contributed by atoms with Crippen LogP contribution in [0.15, 0.2) is 29.1 Å². The number of carbonyl (C=O) groups is 1. The fourth-order valence-electron chi connectivity index (χ4n) is 1.43. The number of hydrogen-bond donors (Lipinski definition) is 1. The molecule has 0 amide bonds. The van der Waals surface area contributed by atoms with Gasteiger partial charge in [-0.15, -0.1) is 0 Å². The molecule has 0 fully saturated rings. The minimum Gasteiger partial charge on any atom is -0.462 e. The van der Waals surface area contributed by atoms with E-state index in [1.54, 1.807) is 19.3 Å². The van der Waals surface area contributed by atoms with E-state index >= 15 is 0 Å². The zero-order valence-electron chi connectivity index (χ0n) is 9.63. The van der Waals surface area contributed by atoms with Crippen molar-refractivity contribution < 1.29 is 9.53 Å². The van der Waals surface area contributed by atoms with Crippen LogP contribution in [-0.2, 0) is 4.74 Å². The van der Waals surface area contributed by atoms with Gasteiger partial charge in [0.05, 0.1) is 29.2 Å². The normalized spacial score (nSPS) is 10.3. The zero-order chi connectivity index (χ0) is 13.1. The minimum atomic E-state index is -0.473. The maximum absolute atomic E-state index is 11.8. The van der Waals surface area contributed by atoms with E-state index in [0.717, 1.165) is 4.47 Å². The van der Waals surface area contributed by atoms with Gasteiger partial charge in [-0.3, -0.25) is 0 Å². The lowest BCUT2D eigenvalue weighted by Gasteiger charge is -2.08. The number of esters is 1. The van der Waals surface area contributed by atoms with Gasteiger partial charge in [0.2, 0.25) is 0 Å². The molecule has 2 aromatic heterocycles. The molecule has 0 atom stereocenters. The predicted molar refractivity (Wildman–Crippen MR) is 69.4 cm³/mol. The molecule has 0 saturated heterocycles. The lowest BCUT2D eigenvalue weighted by atomic mass is 10.2. The number of ether oxygens (including phenoxy) is 1. The second-order valence-corrected chi connectivity index (χ2v) is 4.38. The van der Waals surface area contributed by atoms with Gasteiger partial charge in [-0.25, -0.2) is 14.5 Å². The summed E-state index contributed by atoms with van der Waals surface area (Å²) < 4.78 is 7.23. The Balaban J connectivity index is 2.50. The van der Waals surface area contributed by atoms with Crippen LogP contribution in [0.1, 0.15) is 17.3 Å². The van der Waals surface area contributed by atoms with Crippen LogP contribution in [-0.4, -0.2) is 27.3 Å². The van der Waals surface area contributed by atoms with Crippen molar-refractivity contribution in [2.45, 2.75) is 6.92 Å². The Kier molecular flexibility index (Phi) is 3.61. The highest BCUT2D eigenvalue weighted by atomic mass is 79.9. The summed E-state index contributed by atoms with van der Waals surface area (Å²) in [7, 11) is 0. The Bertz CT molecular complexity index is 582. The number of anilines is 1. The van der Waals surface area contributed by atoms with Gasteiger partial charge < -0.3 is 10.5 Å². The fraction of sp³-hybridized carbons (Fsp3) is 0.182. The van der Waals surface area contributed by atoms with Gasteiger partial charge in [0, 0.05) is 6.20 Å². The second-order valence-electron chi connectivity index (χ2n) is 3.46. The number of rotatable bonds is 3. The lowest BCUT2D eigenvalue weighted by Crippen LogP contribution is -2.12. The number of nitrogens with two attached hydrogens (primary N) is 1. The average molecular weight is 311 g/mol. The van der Waals surface area contributed by atoms with E-state index < -0.39 is 5.97 Å². The van der Waals surface area contributed by atoms with Crippen LogP contribution in [0.3, 0.4) is 0 Å². The molecule has 0 saturated carbocycles. The number of aromatic nitrogens is 3. The molecule has 0 bridgehead atoms. The number of nitrogen functional groups attached to an aromatic ring is 1. The molecule has 0 aliphatic heterocycles. The maximum Gasteiger partial charge on any atom is 0.342 e. The third-order valence-electron chi connectivity index (χ3n) is 2.15. The van der Waals surface area contributed by atoms with Crippen molar-refractivity contribution in [3.8, 4) is 5.82 Å². The van der Waals surface area contributed by atoms with Crippen LogP contribution < -0.4 is 5.73 Å². The first kappa shape index (κ1) is 12.6. The molecule has 94 valence electrons. The number of nitrogens with zero attached hydrogens (tertiary/aromatic N) is 3. The first-order chi connectivity index (χ1) is 8.61. The van der Waals surface area contributed by atoms with Crippen LogP contribution in [0, 0.1) is 0 Å². The van der Waals surface area contributed by atoms with Gasteiger partial charge in [-0.2, -0.15) is 5.10 Å². The van der Waals surface area contributed by atoms with Gasteiger partial charge in [-0.05, 0) is 28.9 Å². The van der Waals surface area contributed by atoms with Crippen molar-refractivity contribution in [2.75, 3.05) is 12.3 Å². The van der Waals surface area contributed by atoms with Crippen molar-refractivity contribution >= 4 is 27.6 Å². The third kappa shape index (κ3) is 2.51. The Labute approximate surface area is 112 Å². The number of hydrogen-bond acceptors (Lipinski definition) is 5. The Morgan fingerprint density at radius 1 is 1.56 bits per heavy atom. The molecule has 0 spiro atoms. The summed E-state index contributed by atoms with van der Waals surface area (Å²) >= 11 is 3.28. The van der Waals surface area contributed by atoms with Crippen LogP contribution in [0.4, 0.5) is 5.69 Å². The van der Waals surface area contributed by atoms with Crippen LogP contribution >= 0.6 is 15.9 Å². The first-order valence-corrected chi connectivity index (χ1v) is 6.04. The fourth-order valence-corrected chi connectivity index (χ4v) is 1.72. The first-order valence-electron chi connectivity index (χ1n) is 5.25. The highest BCUT2D eigenvalue weighted by Gasteiger charge is 2.16. The molecule has 2 aromatic rings. The van der Waals surface area contributed by atoms with E-state index in [-0.39, 0.29) is 12.2 Å². The Hall–Kier alpha value is -1.89. The Morgan fingerprint density at radius 2 is 2.33 bits per heavy atom. The molecular weight excluding hydrogens is 300 g/mol. The van der Waals surface area contributed by atoms with E-state index in [2.05, 4.69) is 26.0 Å². The molecule has 0 aliphatic carbocycles. The number of carbonyl (C=O) groups excluding carboxylic acids is 1. The molecule has 0 unspecified atom stereocenters. The van der Waals surface area contributed by atoms with E-state index in [1.807, 2.05) is 0 Å². The summed E-state index contributed by atoms with van der Waals surface area (Å²) in [4.78, 5) is 15.9. The van der Waals surface area contributed by atoms with Crippen molar-refractivity contribution in [2.24, 2.45) is 0 Å². The lowest BCUT2D eigenvalue weighted by molar-refractivity contribution is 0.0526. The molecule has 0 radical (unpaired) electrons. The molecule has 7 heteroatoms. The SMILES string of the molecule is CCOC(=O)c1cc(N)cnc1-n1cc(Br)cn1. The van der Waals surface area contributed by atoms with E-state index in [4.69, 9.17) is 10.5 Å². The highest BCUT2D eigenvalue weighted by Crippen LogP contribution is 2.17. The maximum atomic E-state index is 11.8. The van der Waals surface area contributed by atoms with Crippen molar-refractivity contribution in [1.29, 1.82) is 0 Å². The largest absolute Gasteiger partial charge is 0.462 e. The van der Waals surface area contributed by atoms with Crippen molar-refractivity contribution in [1.82, 2.24) is 14.8 Å². The number of pyridine rings is 1. The summed E-state index contributed by atoms with van der Waals surface area (Å²) in [5, 5.41) is 4.08. The predicted octanol–water partition coefficient (Wildman–Crippen LogP) is 1.79. The van der Waals surface area contributed by atoms with Gasteiger partial charge >= 0.3 is 5.97 Å². The van der Waals surface area contributed by atoms with Gasteiger partial charge in [-0.1, -0.05) is 0 Å². The summed E-state index contributed by atoms with van der Waals surface area (Å²) in [5.74, 6) is -0.0905. The second kappa shape index (κ2) is 5.18. The van der Waals surface area contributed by atoms with E-state index in [1.165, 1.54) is 16.9 Å². The average Bonchev–Trinajstić information content (AvgIpc) is 2.76. The highest BCUT2D eigenvalue weighted by molar-refractivity contribution is 9.10. The van der Waals surface area contributed by atoms with Crippen LogP contribution in [0.2, 0.25) is 0 Å². The number of halogens is 1. The van der Waals surface area contributed by atoms with Crippen molar-refractivity contribution in [3.05, 3.63) is 34.7 Å². The topological polar surface area (TPSA) is 83.0 Å². The molecule has 2 rings (SSSR count). The monoisotopic (exact) mass is 310 g/mol. The molecule has 0 aromatic carbocycles. The summed E-state index contributed by atoms with van der Waals surface area (Å²) in [6, 6.07) is 1.52. The summed E-state index contributed by atoms with van der Waals surface area (Å²) in [6.07, 6.45) is 4.77. The van der Waals surface area contributed by atoms with Gasteiger partial charge in [0.25, 0.3) is 0 Å². The summed E-state index contributed by atoms with van der Waals surface area (Å²) in [6.45, 7) is 2.03. The standard InChI is InChI=1S/C11H11BrN4O2/c1-2-18-11(17)9-3-8(13)5-14-10(9)16-6-7(12)4-15-16/h3-6H,2,13H2,1H3. The molecule has 18 heavy (non-hydrogen) atoms. The Morgan fingerprint density at radius 3 is 2.94 bits per heavy atom. The van der Waals surface area contributed by atoms with Gasteiger partial charge in [0.1, 0.15) is 5.56 Å².